The van der Waals surface area contributed by atoms with Gasteiger partial charge in [-0.25, -0.2) is 19.9 Å². The minimum Gasteiger partial charge on any atom is -0.468 e. The fourth-order valence-electron chi connectivity index (χ4n) is 2.94. The summed E-state index contributed by atoms with van der Waals surface area (Å²) >= 11 is 6.06. The number of ether oxygens (including phenoxy) is 2. The van der Waals surface area contributed by atoms with E-state index in [9.17, 15) is 9.59 Å². The van der Waals surface area contributed by atoms with Crippen molar-refractivity contribution in [3.05, 3.63) is 41.8 Å². The van der Waals surface area contributed by atoms with Gasteiger partial charge in [0.2, 0.25) is 5.95 Å². The van der Waals surface area contributed by atoms with Gasteiger partial charge in [0.25, 0.3) is 0 Å². The monoisotopic (exact) mass is 473 g/mol. The quantitative estimate of drug-likeness (QED) is 0.314. The number of carbonyl (C=O) groups is 2. The fourth-order valence-corrected chi connectivity index (χ4v) is 3.14. The Bertz CT molecular complexity index is 1100. The van der Waals surface area contributed by atoms with E-state index in [1.165, 1.54) is 20.5 Å². The second kappa shape index (κ2) is 11.9. The number of benzene rings is 1. The molecule has 0 fully saturated rings. The largest absolute Gasteiger partial charge is 0.468 e. The van der Waals surface area contributed by atoms with Crippen LogP contribution in [0.25, 0.3) is 11.0 Å². The van der Waals surface area contributed by atoms with Crippen molar-refractivity contribution in [1.82, 2.24) is 24.8 Å². The van der Waals surface area contributed by atoms with Crippen molar-refractivity contribution in [2.24, 2.45) is 0 Å². The van der Waals surface area contributed by atoms with Gasteiger partial charge in [0.05, 0.1) is 33.5 Å². The lowest BCUT2D eigenvalue weighted by Crippen LogP contribution is -2.36. The molecule has 12 heteroatoms. The zero-order chi connectivity index (χ0) is 23.6. The highest BCUT2D eigenvalue weighted by molar-refractivity contribution is 6.30. The Morgan fingerprint density at radius 2 is 1.85 bits per heavy atom. The van der Waals surface area contributed by atoms with Crippen LogP contribution in [0, 0.1) is 0 Å². The highest BCUT2D eigenvalue weighted by Gasteiger charge is 2.15. The van der Waals surface area contributed by atoms with Gasteiger partial charge >= 0.3 is 11.9 Å². The molecule has 11 nitrogen and oxygen atoms in total. The number of anilines is 3. The highest BCUT2D eigenvalue weighted by Crippen LogP contribution is 2.23. The van der Waals surface area contributed by atoms with Gasteiger partial charge in [0.15, 0.2) is 5.82 Å². The van der Waals surface area contributed by atoms with Crippen molar-refractivity contribution in [1.29, 1.82) is 0 Å². The summed E-state index contributed by atoms with van der Waals surface area (Å²) in [5.74, 6) is 0.0721. The molecular formula is C21H24ClN7O4. The average Bonchev–Trinajstić information content (AvgIpc) is 2.81. The van der Waals surface area contributed by atoms with Crippen molar-refractivity contribution in [3.8, 4) is 0 Å². The van der Waals surface area contributed by atoms with Crippen LogP contribution in [0.4, 0.5) is 17.5 Å². The lowest BCUT2D eigenvalue weighted by atomic mass is 10.3. The summed E-state index contributed by atoms with van der Waals surface area (Å²) in [5.41, 5.74) is 1.90. The van der Waals surface area contributed by atoms with Crippen LogP contribution in [-0.4, -0.2) is 77.2 Å². The maximum absolute atomic E-state index is 11.6. The molecule has 0 spiro atoms. The number of methoxy groups -OCH3 is 2. The molecule has 1 aromatic carbocycles. The molecule has 3 rings (SSSR count). The van der Waals surface area contributed by atoms with Crippen LogP contribution in [0.3, 0.4) is 0 Å². The molecule has 0 saturated heterocycles. The first-order valence-electron chi connectivity index (χ1n) is 10.1. The van der Waals surface area contributed by atoms with Gasteiger partial charge in [-0.2, -0.15) is 0 Å². The van der Waals surface area contributed by atoms with Crippen molar-refractivity contribution in [3.63, 3.8) is 0 Å². The van der Waals surface area contributed by atoms with E-state index in [1.54, 1.807) is 23.2 Å². The SMILES string of the molecule is COC(=O)CN(CCCNc1ncc2ncnc(Nc3cccc(Cl)c3)c2n1)CC(=O)OC. The molecule has 0 aliphatic carbocycles. The standard InChI is InChI=1S/C21H24ClN7O4/c1-32-17(30)11-29(12-18(31)33-2)8-4-7-23-21-24-10-16-19(28-21)20(26-13-25-16)27-15-6-3-5-14(22)9-15/h3,5-6,9-10,13H,4,7-8,11-12H2,1-2H3,(H,23,24,28)(H,25,26,27). The van der Waals surface area contributed by atoms with Gasteiger partial charge < -0.3 is 20.1 Å². The number of nitrogens with one attached hydrogen (secondary N) is 2. The van der Waals surface area contributed by atoms with E-state index in [4.69, 9.17) is 11.6 Å². The third-order valence-electron chi connectivity index (χ3n) is 4.56. The normalized spacial score (nSPS) is 10.8. The first kappa shape index (κ1) is 24.1. The van der Waals surface area contributed by atoms with Crippen LogP contribution < -0.4 is 10.6 Å². The van der Waals surface area contributed by atoms with Gasteiger partial charge in [-0.3, -0.25) is 14.5 Å². The van der Waals surface area contributed by atoms with Gasteiger partial charge in [0, 0.05) is 23.8 Å². The number of nitrogens with zero attached hydrogens (tertiary/aromatic N) is 5. The van der Waals surface area contributed by atoms with Crippen LogP contribution in [0.2, 0.25) is 5.02 Å². The van der Waals surface area contributed by atoms with E-state index in [0.29, 0.717) is 47.3 Å². The summed E-state index contributed by atoms with van der Waals surface area (Å²) < 4.78 is 9.36. The molecule has 174 valence electrons. The lowest BCUT2D eigenvalue weighted by Gasteiger charge is -2.19. The summed E-state index contributed by atoms with van der Waals surface area (Å²) in [4.78, 5) is 42.1. The Hall–Kier alpha value is -3.57. The molecule has 3 aromatic rings. The predicted molar refractivity (Wildman–Crippen MR) is 123 cm³/mol. The van der Waals surface area contributed by atoms with Crippen molar-refractivity contribution < 1.29 is 19.1 Å². The van der Waals surface area contributed by atoms with Crippen LogP contribution in [-0.2, 0) is 19.1 Å². The second-order valence-electron chi connectivity index (χ2n) is 6.93. The number of carbonyl (C=O) groups excluding carboxylic acids is 2. The smallest absolute Gasteiger partial charge is 0.319 e. The summed E-state index contributed by atoms with van der Waals surface area (Å²) in [5, 5.41) is 6.94. The van der Waals surface area contributed by atoms with Gasteiger partial charge in [-0.15, -0.1) is 0 Å². The third kappa shape index (κ3) is 7.22. The van der Waals surface area contributed by atoms with Crippen LogP contribution >= 0.6 is 11.6 Å². The van der Waals surface area contributed by atoms with E-state index >= 15 is 0 Å². The molecule has 0 unspecified atom stereocenters. The molecule has 2 heterocycles. The first-order chi connectivity index (χ1) is 16.0. The molecule has 0 atom stereocenters. The number of hydrogen-bond donors (Lipinski definition) is 2. The Morgan fingerprint density at radius 3 is 2.55 bits per heavy atom. The van der Waals surface area contributed by atoms with Crippen LogP contribution in [0.5, 0.6) is 0 Å². The third-order valence-corrected chi connectivity index (χ3v) is 4.79. The molecule has 0 aliphatic rings. The Kier molecular flexibility index (Phi) is 8.67. The summed E-state index contributed by atoms with van der Waals surface area (Å²) in [6.45, 7) is 0.965. The molecule has 0 aliphatic heterocycles. The number of rotatable bonds is 11. The average molecular weight is 474 g/mol. The summed E-state index contributed by atoms with van der Waals surface area (Å²) in [7, 11) is 2.60. The summed E-state index contributed by atoms with van der Waals surface area (Å²) in [6.07, 6.45) is 3.66. The molecule has 33 heavy (non-hydrogen) atoms. The molecule has 2 N–H and O–H groups in total. The molecule has 0 saturated carbocycles. The van der Waals surface area contributed by atoms with E-state index in [1.807, 2.05) is 12.1 Å². The van der Waals surface area contributed by atoms with Crippen molar-refractivity contribution >= 4 is 52.0 Å². The maximum Gasteiger partial charge on any atom is 0.319 e. The van der Waals surface area contributed by atoms with E-state index < -0.39 is 11.9 Å². The second-order valence-corrected chi connectivity index (χ2v) is 7.36. The Labute approximate surface area is 195 Å². The minimum atomic E-state index is -0.426. The fraction of sp³-hybridized carbons (Fsp3) is 0.333. The summed E-state index contributed by atoms with van der Waals surface area (Å²) in [6, 6.07) is 7.27. The van der Waals surface area contributed by atoms with E-state index in [0.717, 1.165) is 5.69 Å². The van der Waals surface area contributed by atoms with Crippen LogP contribution in [0.1, 0.15) is 6.42 Å². The number of fused-ring (bicyclic) bond motifs is 1. The minimum absolute atomic E-state index is 0.00601. The zero-order valence-electron chi connectivity index (χ0n) is 18.2. The Balaban J connectivity index is 1.63. The van der Waals surface area contributed by atoms with Gasteiger partial charge in [-0.05, 0) is 24.6 Å². The molecule has 0 bridgehead atoms. The van der Waals surface area contributed by atoms with Crippen LogP contribution in [0.15, 0.2) is 36.8 Å². The zero-order valence-corrected chi connectivity index (χ0v) is 19.0. The molecule has 0 radical (unpaired) electrons. The number of halogens is 1. The lowest BCUT2D eigenvalue weighted by molar-refractivity contribution is -0.145. The van der Waals surface area contributed by atoms with Crippen molar-refractivity contribution in [2.45, 2.75) is 6.42 Å². The first-order valence-corrected chi connectivity index (χ1v) is 10.5. The predicted octanol–water partition coefficient (Wildman–Crippen LogP) is 2.27. The highest BCUT2D eigenvalue weighted by atomic mass is 35.5. The molecule has 2 aromatic heterocycles. The Morgan fingerprint density at radius 1 is 1.09 bits per heavy atom. The number of hydrogen-bond acceptors (Lipinski definition) is 11. The maximum atomic E-state index is 11.6. The molecular weight excluding hydrogens is 450 g/mol. The van der Waals surface area contributed by atoms with Crippen molar-refractivity contribution in [2.75, 3.05) is 51.0 Å². The number of aromatic nitrogens is 4. The van der Waals surface area contributed by atoms with E-state index in [-0.39, 0.29) is 13.1 Å². The molecule has 0 amide bonds. The van der Waals surface area contributed by atoms with E-state index in [2.05, 4.69) is 40.0 Å². The van der Waals surface area contributed by atoms with Gasteiger partial charge in [-0.1, -0.05) is 17.7 Å². The van der Waals surface area contributed by atoms with Gasteiger partial charge in [0.1, 0.15) is 17.4 Å². The number of esters is 2. The topological polar surface area (TPSA) is 131 Å².